The van der Waals surface area contributed by atoms with Crippen LogP contribution in [0.3, 0.4) is 0 Å². The summed E-state index contributed by atoms with van der Waals surface area (Å²) in [6.07, 6.45) is 9.73. The molecule has 0 bridgehead atoms. The zero-order valence-electron chi connectivity index (χ0n) is 16.6. The molecule has 1 aromatic carbocycles. The molecule has 7 nitrogen and oxygen atoms in total. The Morgan fingerprint density at radius 2 is 1.73 bits per heavy atom. The Labute approximate surface area is 175 Å². The van der Waals surface area contributed by atoms with Crippen molar-refractivity contribution in [2.24, 2.45) is 0 Å². The van der Waals surface area contributed by atoms with Crippen molar-refractivity contribution in [1.29, 1.82) is 0 Å². The molecule has 30 heavy (non-hydrogen) atoms. The first kappa shape index (κ1) is 18.3. The van der Waals surface area contributed by atoms with Crippen LogP contribution in [-0.2, 0) is 6.54 Å². The third-order valence-corrected chi connectivity index (χ3v) is 5.31. The van der Waals surface area contributed by atoms with Gasteiger partial charge in [-0.15, -0.1) is 0 Å². The molecule has 1 fully saturated rings. The highest BCUT2D eigenvalue weighted by molar-refractivity contribution is 5.63. The molecule has 4 heterocycles. The Bertz CT molecular complexity index is 1100. The predicted molar refractivity (Wildman–Crippen MR) is 118 cm³/mol. The molecule has 7 heteroatoms. The van der Waals surface area contributed by atoms with Crippen LogP contribution in [0.4, 0.5) is 11.6 Å². The number of pyridine rings is 1. The molecule has 0 saturated carbocycles. The lowest BCUT2D eigenvalue weighted by atomic mass is 10.1. The van der Waals surface area contributed by atoms with Crippen molar-refractivity contribution in [3.8, 4) is 16.9 Å². The van der Waals surface area contributed by atoms with Crippen LogP contribution in [-0.4, -0.2) is 37.8 Å². The van der Waals surface area contributed by atoms with E-state index in [0.717, 1.165) is 47.2 Å². The van der Waals surface area contributed by atoms with Crippen LogP contribution in [0.2, 0.25) is 0 Å². The first-order valence-corrected chi connectivity index (χ1v) is 10.2. The molecule has 0 radical (unpaired) electrons. The van der Waals surface area contributed by atoms with E-state index in [4.69, 9.17) is 5.10 Å². The van der Waals surface area contributed by atoms with Crippen LogP contribution < -0.4 is 10.2 Å². The first-order valence-electron chi connectivity index (χ1n) is 10.2. The molecule has 1 N–H and O–H groups in total. The highest BCUT2D eigenvalue weighted by atomic mass is 15.3. The second-order valence-corrected chi connectivity index (χ2v) is 7.33. The van der Waals surface area contributed by atoms with Crippen molar-refractivity contribution in [1.82, 2.24) is 24.7 Å². The van der Waals surface area contributed by atoms with Gasteiger partial charge in [-0.25, -0.2) is 14.6 Å². The summed E-state index contributed by atoms with van der Waals surface area (Å²) in [6.45, 7) is 2.74. The van der Waals surface area contributed by atoms with Gasteiger partial charge in [-0.3, -0.25) is 4.98 Å². The number of rotatable bonds is 6. The van der Waals surface area contributed by atoms with Crippen LogP contribution in [0, 0.1) is 0 Å². The lowest BCUT2D eigenvalue weighted by Crippen LogP contribution is -2.19. The zero-order valence-corrected chi connectivity index (χ0v) is 16.6. The van der Waals surface area contributed by atoms with Crippen molar-refractivity contribution in [2.75, 3.05) is 23.3 Å². The van der Waals surface area contributed by atoms with E-state index in [1.165, 1.54) is 12.8 Å². The molecule has 1 aliphatic rings. The van der Waals surface area contributed by atoms with E-state index in [-0.39, 0.29) is 0 Å². The molecule has 1 saturated heterocycles. The van der Waals surface area contributed by atoms with E-state index < -0.39 is 0 Å². The topological polar surface area (TPSA) is 71.8 Å². The third kappa shape index (κ3) is 3.87. The van der Waals surface area contributed by atoms with E-state index in [9.17, 15) is 0 Å². The third-order valence-electron chi connectivity index (χ3n) is 5.31. The van der Waals surface area contributed by atoms with E-state index in [1.807, 2.05) is 53.2 Å². The molecule has 0 amide bonds. The van der Waals surface area contributed by atoms with Gasteiger partial charge in [-0.05, 0) is 37.1 Å². The van der Waals surface area contributed by atoms with E-state index in [0.29, 0.717) is 6.54 Å². The quantitative estimate of drug-likeness (QED) is 0.531. The maximum absolute atomic E-state index is 4.85. The Morgan fingerprint density at radius 1 is 0.933 bits per heavy atom. The summed E-state index contributed by atoms with van der Waals surface area (Å²) in [6, 6.07) is 16.1. The maximum atomic E-state index is 4.85. The van der Waals surface area contributed by atoms with Crippen LogP contribution in [0.25, 0.3) is 16.9 Å². The molecule has 5 rings (SSSR count). The fraction of sp³-hybridized carbons (Fsp3) is 0.217. The van der Waals surface area contributed by atoms with E-state index in [1.54, 1.807) is 18.7 Å². The van der Waals surface area contributed by atoms with Crippen molar-refractivity contribution in [3.63, 3.8) is 0 Å². The van der Waals surface area contributed by atoms with Crippen LogP contribution in [0.15, 0.2) is 73.4 Å². The van der Waals surface area contributed by atoms with Crippen molar-refractivity contribution in [3.05, 3.63) is 79.0 Å². The number of nitrogens with one attached hydrogen (secondary N) is 1. The van der Waals surface area contributed by atoms with Crippen LogP contribution in [0.1, 0.15) is 18.4 Å². The summed E-state index contributed by atoms with van der Waals surface area (Å²) in [5.41, 5.74) is 4.09. The Balaban J connectivity index is 1.42. The average Bonchev–Trinajstić information content (AvgIpc) is 3.50. The highest BCUT2D eigenvalue weighted by Gasteiger charge is 2.15. The van der Waals surface area contributed by atoms with Gasteiger partial charge in [-0.1, -0.05) is 18.2 Å². The number of hydrogen-bond donors (Lipinski definition) is 1. The molecule has 150 valence electrons. The van der Waals surface area contributed by atoms with Crippen LogP contribution in [0.5, 0.6) is 0 Å². The Kier molecular flexibility index (Phi) is 5.08. The SMILES string of the molecule is c1ccc(-n2cc(CNc3cc(N4CCCC4)ncn3)c(-c3ccncc3)n2)cc1. The summed E-state index contributed by atoms with van der Waals surface area (Å²) in [7, 11) is 0. The minimum Gasteiger partial charge on any atom is -0.366 e. The monoisotopic (exact) mass is 397 g/mol. The zero-order chi connectivity index (χ0) is 20.2. The van der Waals surface area contributed by atoms with Crippen molar-refractivity contribution >= 4 is 11.6 Å². The van der Waals surface area contributed by atoms with Gasteiger partial charge in [0.1, 0.15) is 18.0 Å². The van der Waals surface area contributed by atoms with Crippen LogP contribution >= 0.6 is 0 Å². The number of nitrogens with zero attached hydrogens (tertiary/aromatic N) is 6. The predicted octanol–water partition coefficient (Wildman–Crippen LogP) is 3.94. The van der Waals surface area contributed by atoms with Gasteiger partial charge in [-0.2, -0.15) is 5.10 Å². The summed E-state index contributed by atoms with van der Waals surface area (Å²) < 4.78 is 1.92. The fourth-order valence-corrected chi connectivity index (χ4v) is 3.75. The van der Waals surface area contributed by atoms with Gasteiger partial charge >= 0.3 is 0 Å². The molecular formula is C23H23N7. The minimum atomic E-state index is 0.612. The molecule has 0 unspecified atom stereocenters. The number of anilines is 2. The van der Waals surface area contributed by atoms with Gasteiger partial charge in [0, 0.05) is 55.4 Å². The van der Waals surface area contributed by atoms with Gasteiger partial charge in [0.25, 0.3) is 0 Å². The second-order valence-electron chi connectivity index (χ2n) is 7.33. The second kappa shape index (κ2) is 8.32. The average molecular weight is 397 g/mol. The molecule has 3 aromatic heterocycles. The van der Waals surface area contributed by atoms with Crippen molar-refractivity contribution < 1.29 is 0 Å². The number of hydrogen-bond acceptors (Lipinski definition) is 6. The lowest BCUT2D eigenvalue weighted by Gasteiger charge is -2.16. The fourth-order valence-electron chi connectivity index (χ4n) is 3.75. The molecular weight excluding hydrogens is 374 g/mol. The lowest BCUT2D eigenvalue weighted by molar-refractivity contribution is 0.883. The van der Waals surface area contributed by atoms with Gasteiger partial charge < -0.3 is 10.2 Å². The highest BCUT2D eigenvalue weighted by Crippen LogP contribution is 2.25. The largest absolute Gasteiger partial charge is 0.366 e. The molecule has 0 atom stereocenters. The molecule has 1 aliphatic heterocycles. The summed E-state index contributed by atoms with van der Waals surface area (Å²) in [5.74, 6) is 1.80. The molecule has 0 spiro atoms. The first-order chi connectivity index (χ1) is 14.9. The normalized spacial score (nSPS) is 13.5. The minimum absolute atomic E-state index is 0.612. The molecule has 0 aliphatic carbocycles. The smallest absolute Gasteiger partial charge is 0.134 e. The standard InChI is InChI=1S/C23H23N7/c1-2-6-20(7-3-1)30-16-19(23(28-30)18-8-10-24-11-9-18)15-25-21-14-22(27-17-26-21)29-12-4-5-13-29/h1-3,6-11,14,16-17H,4-5,12-13,15H2,(H,25,26,27). The number of aromatic nitrogens is 5. The Morgan fingerprint density at radius 3 is 2.53 bits per heavy atom. The summed E-state index contributed by atoms with van der Waals surface area (Å²) >= 11 is 0. The van der Waals surface area contributed by atoms with Gasteiger partial charge in [0.15, 0.2) is 0 Å². The van der Waals surface area contributed by atoms with Gasteiger partial charge in [0.05, 0.1) is 11.4 Å². The maximum Gasteiger partial charge on any atom is 0.134 e. The van der Waals surface area contributed by atoms with Gasteiger partial charge in [0.2, 0.25) is 0 Å². The summed E-state index contributed by atoms with van der Waals surface area (Å²) in [5, 5.41) is 8.30. The van der Waals surface area contributed by atoms with Crippen molar-refractivity contribution in [2.45, 2.75) is 19.4 Å². The summed E-state index contributed by atoms with van der Waals surface area (Å²) in [4.78, 5) is 15.3. The Hall–Kier alpha value is -3.74. The van der Waals surface area contributed by atoms with E-state index in [2.05, 4.69) is 31.4 Å². The number of benzene rings is 1. The van der Waals surface area contributed by atoms with E-state index >= 15 is 0 Å². The number of para-hydroxylation sites is 1. The molecule has 4 aromatic rings.